The van der Waals surface area contributed by atoms with Crippen LogP contribution >= 0.6 is 0 Å². The number of aromatic nitrogens is 4. The van der Waals surface area contributed by atoms with Crippen LogP contribution in [0.1, 0.15) is 46.8 Å². The van der Waals surface area contributed by atoms with Gasteiger partial charge in [0.2, 0.25) is 5.95 Å². The Balaban J connectivity index is 1.50. The van der Waals surface area contributed by atoms with Crippen molar-refractivity contribution < 1.29 is 21.9 Å². The SMILES string of the molecule is [2H]c1c([2H])c([2H])c2c(c1[2H])-c1c(c([2H])c([2H])c3c1c1c([2H])c([2H])c([2H])c([2H])c1n3-c1nc(-c3ccccc3)nc(-c3ccc(-c4ccccc4)cc3)n1)C2(C([2H])([2H])[2H])C([2H])([2H])[2H]. The van der Waals surface area contributed by atoms with Gasteiger partial charge in [-0.1, -0.05) is 147 Å². The topological polar surface area (TPSA) is 43.6 Å². The lowest BCUT2D eigenvalue weighted by atomic mass is 9.82. The first kappa shape index (κ1) is 14.9. The molecular formula is C42H30N4. The van der Waals surface area contributed by atoms with Crippen molar-refractivity contribution in [2.24, 2.45) is 0 Å². The summed E-state index contributed by atoms with van der Waals surface area (Å²) >= 11 is 0. The van der Waals surface area contributed by atoms with Crippen molar-refractivity contribution in [1.82, 2.24) is 19.5 Å². The highest BCUT2D eigenvalue weighted by molar-refractivity contribution is 6.17. The van der Waals surface area contributed by atoms with Gasteiger partial charge in [0.05, 0.1) is 24.7 Å². The summed E-state index contributed by atoms with van der Waals surface area (Å²) in [4.78, 5) is 14.4. The van der Waals surface area contributed by atoms with Crippen molar-refractivity contribution in [2.45, 2.75) is 19.1 Å². The molecular weight excluding hydrogens is 560 g/mol. The maximum Gasteiger partial charge on any atom is 0.238 e. The summed E-state index contributed by atoms with van der Waals surface area (Å²) in [5.41, 5.74) is -3.85. The quantitative estimate of drug-likeness (QED) is 0.200. The highest BCUT2D eigenvalue weighted by atomic mass is 15.2. The Kier molecular flexibility index (Phi) is 3.27. The minimum absolute atomic E-state index is 0.103. The summed E-state index contributed by atoms with van der Waals surface area (Å²) in [5.74, 6) is -0.0769. The summed E-state index contributed by atoms with van der Waals surface area (Å²) in [6.45, 7) is -7.26. The number of rotatable bonds is 4. The number of benzene rings is 6. The van der Waals surface area contributed by atoms with Crippen LogP contribution in [0.5, 0.6) is 0 Å². The van der Waals surface area contributed by atoms with E-state index in [9.17, 15) is 5.48 Å². The summed E-state index contributed by atoms with van der Waals surface area (Å²) in [6, 6.07) is 17.5. The molecule has 0 spiro atoms. The number of fused-ring (bicyclic) bond motifs is 7. The molecule has 218 valence electrons. The molecule has 2 aromatic heterocycles. The maximum atomic E-state index is 9.62. The van der Waals surface area contributed by atoms with Crippen LogP contribution in [0.2, 0.25) is 0 Å². The van der Waals surface area contributed by atoms with Crippen molar-refractivity contribution in [3.8, 4) is 51.0 Å². The van der Waals surface area contributed by atoms with Crippen molar-refractivity contribution >= 4 is 21.8 Å². The van der Waals surface area contributed by atoms with Gasteiger partial charge < -0.3 is 0 Å². The second-order valence-corrected chi connectivity index (χ2v) is 10.9. The van der Waals surface area contributed by atoms with Gasteiger partial charge in [0.15, 0.2) is 11.6 Å². The Labute approximate surface area is 290 Å². The zero-order valence-electron chi connectivity index (χ0n) is 39.9. The molecule has 0 unspecified atom stereocenters. The van der Waals surface area contributed by atoms with Crippen molar-refractivity contribution in [3.05, 3.63) is 156 Å². The molecule has 2 heterocycles. The van der Waals surface area contributed by atoms with Gasteiger partial charge in [0.1, 0.15) is 0 Å². The minimum atomic E-state index is -3.63. The predicted molar refractivity (Wildman–Crippen MR) is 188 cm³/mol. The van der Waals surface area contributed by atoms with Gasteiger partial charge >= 0.3 is 0 Å². The second kappa shape index (κ2) is 10.1. The third kappa shape index (κ3) is 3.97. The third-order valence-corrected chi connectivity index (χ3v) is 8.20. The molecule has 8 aromatic rings. The smallest absolute Gasteiger partial charge is 0.238 e. The monoisotopic (exact) mass is 606 g/mol. The highest BCUT2D eigenvalue weighted by Crippen LogP contribution is 2.53. The molecule has 4 nitrogen and oxygen atoms in total. The summed E-state index contributed by atoms with van der Waals surface area (Å²) < 4.78 is 144. The zero-order valence-corrected chi connectivity index (χ0v) is 23.9. The number of hydrogen-bond acceptors (Lipinski definition) is 3. The molecule has 1 aliphatic rings. The molecule has 0 fully saturated rings. The molecule has 0 saturated carbocycles. The Hall–Kier alpha value is -5.87. The molecule has 0 aliphatic heterocycles. The number of para-hydroxylation sites is 1. The maximum absolute atomic E-state index is 9.62. The fourth-order valence-corrected chi connectivity index (χ4v) is 6.06. The van der Waals surface area contributed by atoms with Crippen LogP contribution in [0.4, 0.5) is 0 Å². The Morgan fingerprint density at radius 2 is 1.17 bits per heavy atom. The van der Waals surface area contributed by atoms with Crippen LogP contribution < -0.4 is 0 Å². The van der Waals surface area contributed by atoms with E-state index in [0.29, 0.717) is 11.1 Å². The molecule has 0 bridgehead atoms. The Morgan fingerprint density at radius 1 is 0.565 bits per heavy atom. The average molecular weight is 607 g/mol. The van der Waals surface area contributed by atoms with Crippen LogP contribution in [-0.2, 0) is 5.41 Å². The van der Waals surface area contributed by atoms with E-state index in [0.717, 1.165) is 15.7 Å². The van der Waals surface area contributed by atoms with Crippen LogP contribution in [0.3, 0.4) is 0 Å². The predicted octanol–water partition coefficient (Wildman–Crippen LogP) is 10.3. The largest absolute Gasteiger partial charge is 0.278 e. The highest BCUT2D eigenvalue weighted by Gasteiger charge is 2.37. The lowest BCUT2D eigenvalue weighted by Gasteiger charge is -2.21. The first-order chi connectivity index (χ1) is 29.2. The second-order valence-electron chi connectivity index (χ2n) is 10.9. The molecule has 0 amide bonds. The normalized spacial score (nSPS) is 18.7. The lowest BCUT2D eigenvalue weighted by Crippen LogP contribution is -2.14. The van der Waals surface area contributed by atoms with Gasteiger partial charge in [-0.3, -0.25) is 4.57 Å². The van der Waals surface area contributed by atoms with Crippen LogP contribution in [0.25, 0.3) is 72.8 Å². The zero-order chi connectivity index (χ0) is 44.5. The molecule has 6 aromatic carbocycles. The van der Waals surface area contributed by atoms with Crippen molar-refractivity contribution in [3.63, 3.8) is 0 Å². The first-order valence-corrected chi connectivity index (χ1v) is 14.4. The molecule has 0 N–H and O–H groups in total. The first-order valence-electron chi connectivity index (χ1n) is 22.4. The molecule has 0 radical (unpaired) electrons. The van der Waals surface area contributed by atoms with E-state index in [1.807, 2.05) is 42.5 Å². The van der Waals surface area contributed by atoms with Gasteiger partial charge in [-0.15, -0.1) is 0 Å². The van der Waals surface area contributed by atoms with Gasteiger partial charge in [0, 0.05) is 35.5 Å². The van der Waals surface area contributed by atoms with Gasteiger partial charge in [-0.2, -0.15) is 9.97 Å². The Bertz CT molecular complexity index is 3180. The fourth-order valence-electron chi connectivity index (χ4n) is 6.06. The molecule has 9 rings (SSSR count). The van der Waals surface area contributed by atoms with Gasteiger partial charge in [-0.25, -0.2) is 4.98 Å². The van der Waals surface area contributed by atoms with E-state index in [2.05, 4.69) is 0 Å². The molecule has 0 atom stereocenters. The van der Waals surface area contributed by atoms with Crippen LogP contribution in [-0.4, -0.2) is 19.5 Å². The van der Waals surface area contributed by atoms with Crippen molar-refractivity contribution in [1.29, 1.82) is 0 Å². The van der Waals surface area contributed by atoms with E-state index < -0.39 is 102 Å². The van der Waals surface area contributed by atoms with Gasteiger partial charge in [0.25, 0.3) is 0 Å². The van der Waals surface area contributed by atoms with E-state index >= 15 is 0 Å². The Morgan fingerprint density at radius 3 is 1.91 bits per heavy atom. The van der Waals surface area contributed by atoms with E-state index in [1.54, 1.807) is 42.5 Å². The average Bonchev–Trinajstić information content (AvgIpc) is 3.79. The number of nitrogens with zero attached hydrogens (tertiary/aromatic N) is 4. The van der Waals surface area contributed by atoms with Crippen molar-refractivity contribution in [2.75, 3.05) is 0 Å². The van der Waals surface area contributed by atoms with E-state index in [-0.39, 0.29) is 39.4 Å². The summed E-state index contributed by atoms with van der Waals surface area (Å²) in [5, 5.41) is -0.698. The molecule has 46 heavy (non-hydrogen) atoms. The molecule has 1 aliphatic carbocycles. The van der Waals surface area contributed by atoms with Crippen LogP contribution in [0.15, 0.2) is 145 Å². The summed E-state index contributed by atoms with van der Waals surface area (Å²) in [7, 11) is 0. The fraction of sp³-hybridized carbons (Fsp3) is 0.0714. The lowest BCUT2D eigenvalue weighted by molar-refractivity contribution is 0.661. The minimum Gasteiger partial charge on any atom is -0.278 e. The standard InChI is InChI=1S/C42H30N4/c1-42(2)33-19-11-9-17-31(33)37-34(42)25-26-36-38(37)32-18-10-12-20-35(32)46(36)41-44-39(29-15-7-4-8-16-29)43-40(45-41)30-23-21-28(22-24-30)27-13-5-3-6-14-27/h3-26H,1-2H3/i1D3,2D3,9D,10D,11D,12D,17D,18D,19D,20D,25D,26D. The van der Waals surface area contributed by atoms with Crippen LogP contribution in [0, 0.1) is 0 Å². The molecule has 0 saturated heterocycles. The number of hydrogen-bond donors (Lipinski definition) is 0. The summed E-state index contributed by atoms with van der Waals surface area (Å²) in [6.07, 6.45) is 0. The van der Waals surface area contributed by atoms with Gasteiger partial charge in [-0.05, 0) is 45.5 Å². The third-order valence-electron chi connectivity index (χ3n) is 8.20. The van der Waals surface area contributed by atoms with E-state index in [1.165, 1.54) is 0 Å². The van der Waals surface area contributed by atoms with E-state index in [4.69, 9.17) is 31.4 Å². The molecule has 4 heteroatoms.